The van der Waals surface area contributed by atoms with E-state index >= 15 is 0 Å². The fourth-order valence-electron chi connectivity index (χ4n) is 2.11. The predicted molar refractivity (Wildman–Crippen MR) is 54.9 cm³/mol. The molecule has 0 aromatic heterocycles. The van der Waals surface area contributed by atoms with Crippen molar-refractivity contribution < 1.29 is 9.59 Å². The third kappa shape index (κ3) is 2.56. The molecule has 1 aliphatic heterocycles. The van der Waals surface area contributed by atoms with Gasteiger partial charge in [0.2, 0.25) is 5.91 Å². The third-order valence-corrected chi connectivity index (χ3v) is 2.79. The normalized spacial score (nSPS) is 21.7. The molecule has 3 heteroatoms. The summed E-state index contributed by atoms with van der Waals surface area (Å²) in [7, 11) is 0. The van der Waals surface area contributed by atoms with E-state index in [2.05, 4.69) is 13.8 Å². The van der Waals surface area contributed by atoms with Crippen LogP contribution in [0.4, 0.5) is 0 Å². The number of amides is 1. The van der Waals surface area contributed by atoms with Crippen molar-refractivity contribution in [3.63, 3.8) is 0 Å². The molecule has 0 saturated carbocycles. The molecular formula is C11H19NO2. The molecule has 0 bridgehead atoms. The maximum atomic E-state index is 11.7. The van der Waals surface area contributed by atoms with Gasteiger partial charge in [-0.15, -0.1) is 0 Å². The van der Waals surface area contributed by atoms with Crippen LogP contribution in [0.15, 0.2) is 0 Å². The fraction of sp³-hybridized carbons (Fsp3) is 0.818. The van der Waals surface area contributed by atoms with Gasteiger partial charge in [0, 0.05) is 12.6 Å². The number of likely N-dealkylation sites (tertiary alicyclic amines) is 1. The molecular weight excluding hydrogens is 178 g/mol. The first-order valence-corrected chi connectivity index (χ1v) is 5.31. The summed E-state index contributed by atoms with van der Waals surface area (Å²) in [6.45, 7) is 6.56. The highest BCUT2D eigenvalue weighted by Crippen LogP contribution is 2.24. The number of carbonyl (C=O) groups excluding carboxylic acids is 2. The Morgan fingerprint density at radius 3 is 2.57 bits per heavy atom. The van der Waals surface area contributed by atoms with E-state index in [0.717, 1.165) is 19.4 Å². The van der Waals surface area contributed by atoms with Crippen molar-refractivity contribution in [1.82, 2.24) is 4.90 Å². The number of hydrogen-bond donors (Lipinski definition) is 0. The Morgan fingerprint density at radius 1 is 1.43 bits per heavy atom. The second kappa shape index (κ2) is 4.58. The Morgan fingerprint density at radius 2 is 2.07 bits per heavy atom. The molecule has 0 spiro atoms. The van der Waals surface area contributed by atoms with E-state index in [9.17, 15) is 9.59 Å². The van der Waals surface area contributed by atoms with Gasteiger partial charge in [0.1, 0.15) is 5.78 Å². The Bertz CT molecular complexity index is 235. The quantitative estimate of drug-likeness (QED) is 0.645. The molecule has 14 heavy (non-hydrogen) atoms. The highest BCUT2D eigenvalue weighted by Gasteiger charge is 2.30. The minimum absolute atomic E-state index is 0.00806. The van der Waals surface area contributed by atoms with E-state index in [0.29, 0.717) is 12.0 Å². The van der Waals surface area contributed by atoms with Crippen molar-refractivity contribution in [2.45, 2.75) is 46.1 Å². The van der Waals surface area contributed by atoms with Gasteiger partial charge in [0.15, 0.2) is 0 Å². The summed E-state index contributed by atoms with van der Waals surface area (Å²) in [6, 6.07) is 0.349. The lowest BCUT2D eigenvalue weighted by Gasteiger charge is -2.27. The minimum Gasteiger partial charge on any atom is -0.339 e. The molecule has 1 aliphatic rings. The lowest BCUT2D eigenvalue weighted by molar-refractivity contribution is -0.136. The maximum Gasteiger partial charge on any atom is 0.230 e. The van der Waals surface area contributed by atoms with Crippen molar-refractivity contribution >= 4 is 11.7 Å². The van der Waals surface area contributed by atoms with Gasteiger partial charge in [-0.3, -0.25) is 9.59 Å². The molecule has 0 N–H and O–H groups in total. The molecule has 0 radical (unpaired) electrons. The van der Waals surface area contributed by atoms with E-state index in [4.69, 9.17) is 0 Å². The molecule has 1 saturated heterocycles. The third-order valence-electron chi connectivity index (χ3n) is 2.79. The van der Waals surface area contributed by atoms with Gasteiger partial charge in [0.25, 0.3) is 0 Å². The Hall–Kier alpha value is -0.860. The van der Waals surface area contributed by atoms with Crippen LogP contribution in [-0.2, 0) is 9.59 Å². The largest absolute Gasteiger partial charge is 0.339 e. The topological polar surface area (TPSA) is 37.4 Å². The number of Topliss-reactive ketones (excluding diaryl/α,β-unsaturated/α-hetero) is 1. The number of nitrogens with zero attached hydrogens (tertiary/aromatic N) is 1. The van der Waals surface area contributed by atoms with Gasteiger partial charge in [-0.2, -0.15) is 0 Å². The van der Waals surface area contributed by atoms with E-state index in [1.54, 1.807) is 0 Å². The van der Waals surface area contributed by atoms with Crippen LogP contribution >= 0.6 is 0 Å². The van der Waals surface area contributed by atoms with Crippen LogP contribution < -0.4 is 0 Å². The molecule has 0 aromatic rings. The molecule has 3 nitrogen and oxygen atoms in total. The van der Waals surface area contributed by atoms with Crippen LogP contribution in [0.1, 0.15) is 40.0 Å². The van der Waals surface area contributed by atoms with Crippen LogP contribution in [0.3, 0.4) is 0 Å². The SMILES string of the molecule is CC(=O)CC(=O)N1CCCC1C(C)C. The highest BCUT2D eigenvalue weighted by molar-refractivity contribution is 5.97. The average Bonchev–Trinajstić information content (AvgIpc) is 2.49. The van der Waals surface area contributed by atoms with Crippen molar-refractivity contribution in [2.75, 3.05) is 6.54 Å². The van der Waals surface area contributed by atoms with Gasteiger partial charge in [0.05, 0.1) is 6.42 Å². The van der Waals surface area contributed by atoms with E-state index < -0.39 is 0 Å². The van der Waals surface area contributed by atoms with Crippen molar-refractivity contribution in [3.8, 4) is 0 Å². The van der Waals surface area contributed by atoms with Gasteiger partial charge < -0.3 is 4.90 Å². The number of carbonyl (C=O) groups is 2. The zero-order valence-corrected chi connectivity index (χ0v) is 9.25. The maximum absolute atomic E-state index is 11.7. The molecule has 0 aliphatic carbocycles. The molecule has 0 aromatic carbocycles. The van der Waals surface area contributed by atoms with E-state index in [1.165, 1.54) is 6.92 Å². The summed E-state index contributed by atoms with van der Waals surface area (Å²) in [5.41, 5.74) is 0. The van der Waals surface area contributed by atoms with Gasteiger partial charge in [-0.25, -0.2) is 0 Å². The monoisotopic (exact) mass is 197 g/mol. The molecule has 1 atom stereocenters. The lowest BCUT2D eigenvalue weighted by atomic mass is 10.0. The zero-order chi connectivity index (χ0) is 10.7. The minimum atomic E-state index is -0.0376. The summed E-state index contributed by atoms with van der Waals surface area (Å²) >= 11 is 0. The van der Waals surface area contributed by atoms with E-state index in [1.807, 2.05) is 4.90 Å². The summed E-state index contributed by atoms with van der Waals surface area (Å²) in [5.74, 6) is 0.464. The number of hydrogen-bond acceptors (Lipinski definition) is 2. The van der Waals surface area contributed by atoms with Crippen molar-refractivity contribution in [3.05, 3.63) is 0 Å². The van der Waals surface area contributed by atoms with Crippen LogP contribution in [0.25, 0.3) is 0 Å². The first kappa shape index (κ1) is 11.2. The standard InChI is InChI=1S/C11H19NO2/c1-8(2)10-5-4-6-12(10)11(14)7-9(3)13/h8,10H,4-7H2,1-3H3. The highest BCUT2D eigenvalue weighted by atomic mass is 16.2. The summed E-state index contributed by atoms with van der Waals surface area (Å²) in [6.07, 6.45) is 2.23. The molecule has 1 heterocycles. The zero-order valence-electron chi connectivity index (χ0n) is 9.25. The molecule has 1 amide bonds. The van der Waals surface area contributed by atoms with Crippen molar-refractivity contribution in [1.29, 1.82) is 0 Å². The molecule has 1 unspecified atom stereocenters. The number of rotatable bonds is 3. The van der Waals surface area contributed by atoms with Crippen LogP contribution in [0, 0.1) is 5.92 Å². The smallest absolute Gasteiger partial charge is 0.230 e. The molecule has 1 fully saturated rings. The van der Waals surface area contributed by atoms with Gasteiger partial charge >= 0.3 is 0 Å². The first-order chi connectivity index (χ1) is 6.52. The summed E-state index contributed by atoms with van der Waals surface area (Å²) in [4.78, 5) is 24.4. The lowest BCUT2D eigenvalue weighted by Crippen LogP contribution is -2.39. The Labute approximate surface area is 85.5 Å². The number of ketones is 1. The first-order valence-electron chi connectivity index (χ1n) is 5.31. The fourth-order valence-corrected chi connectivity index (χ4v) is 2.11. The summed E-state index contributed by atoms with van der Waals surface area (Å²) < 4.78 is 0. The van der Waals surface area contributed by atoms with E-state index in [-0.39, 0.29) is 18.1 Å². The van der Waals surface area contributed by atoms with Gasteiger partial charge in [-0.1, -0.05) is 13.8 Å². The van der Waals surface area contributed by atoms with Gasteiger partial charge in [-0.05, 0) is 25.7 Å². The predicted octanol–water partition coefficient (Wildman–Crippen LogP) is 1.61. The second-order valence-corrected chi connectivity index (χ2v) is 4.42. The molecule has 1 rings (SSSR count). The Kier molecular flexibility index (Phi) is 3.67. The Balaban J connectivity index is 2.58. The molecule has 80 valence electrons. The van der Waals surface area contributed by atoms with Crippen LogP contribution in [0.5, 0.6) is 0 Å². The average molecular weight is 197 g/mol. The van der Waals surface area contributed by atoms with Crippen molar-refractivity contribution in [2.24, 2.45) is 5.92 Å². The van der Waals surface area contributed by atoms with Crippen LogP contribution in [0.2, 0.25) is 0 Å². The van der Waals surface area contributed by atoms with Crippen LogP contribution in [-0.4, -0.2) is 29.2 Å². The second-order valence-electron chi connectivity index (χ2n) is 4.42. The summed E-state index contributed by atoms with van der Waals surface area (Å²) in [5, 5.41) is 0.